The number of nitrogens with one attached hydrogen (secondary N) is 1. The Balaban J connectivity index is 3.18. The number of hydrogen-bond acceptors (Lipinski definition) is 4. The molecule has 0 saturated carbocycles. The third kappa shape index (κ3) is 3.97. The first kappa shape index (κ1) is 16.5. The normalized spacial score (nSPS) is 13.3. The van der Waals surface area contributed by atoms with E-state index in [2.05, 4.69) is 4.72 Å². The van der Waals surface area contributed by atoms with E-state index in [9.17, 15) is 8.42 Å². The average molecular weight is 328 g/mol. The third-order valence-electron chi connectivity index (χ3n) is 2.53. The standard InChI is InChI=1S/C11H15Cl2NO4S/c1-3-7(6-15)14-19(16,17)11-5-8(12)10(18-2)4-9(11)13/h4-5,7,14-15H,3,6H2,1-2H3/t7-/m0/s1. The molecule has 108 valence electrons. The van der Waals surface area contributed by atoms with Gasteiger partial charge >= 0.3 is 0 Å². The van der Waals surface area contributed by atoms with Crippen LogP contribution in [0.25, 0.3) is 0 Å². The summed E-state index contributed by atoms with van der Waals surface area (Å²) >= 11 is 11.8. The van der Waals surface area contributed by atoms with Crippen LogP contribution in [0.1, 0.15) is 13.3 Å². The predicted molar refractivity (Wildman–Crippen MR) is 74.5 cm³/mol. The Hall–Kier alpha value is -0.530. The molecule has 0 bridgehead atoms. The van der Waals surface area contributed by atoms with Crippen molar-refractivity contribution in [3.63, 3.8) is 0 Å². The second kappa shape index (κ2) is 6.76. The summed E-state index contributed by atoms with van der Waals surface area (Å²) in [6.07, 6.45) is 0.456. The Bertz CT molecular complexity index is 544. The molecule has 1 atom stereocenters. The summed E-state index contributed by atoms with van der Waals surface area (Å²) in [5.74, 6) is 0.291. The fraction of sp³-hybridized carbons (Fsp3) is 0.455. The summed E-state index contributed by atoms with van der Waals surface area (Å²) in [6, 6.07) is 1.98. The highest BCUT2D eigenvalue weighted by atomic mass is 35.5. The lowest BCUT2D eigenvalue weighted by atomic mass is 10.3. The van der Waals surface area contributed by atoms with Crippen molar-refractivity contribution >= 4 is 33.2 Å². The summed E-state index contributed by atoms with van der Waals surface area (Å²) in [7, 11) is -2.44. The largest absolute Gasteiger partial charge is 0.495 e. The number of hydrogen-bond donors (Lipinski definition) is 2. The van der Waals surface area contributed by atoms with Gasteiger partial charge in [-0.25, -0.2) is 13.1 Å². The molecule has 0 heterocycles. The van der Waals surface area contributed by atoms with Crippen LogP contribution in [0.5, 0.6) is 5.75 Å². The number of methoxy groups -OCH3 is 1. The van der Waals surface area contributed by atoms with Crippen molar-refractivity contribution in [3.8, 4) is 5.75 Å². The molecule has 0 spiro atoms. The Labute approximate surface area is 122 Å². The van der Waals surface area contributed by atoms with E-state index >= 15 is 0 Å². The lowest BCUT2D eigenvalue weighted by Crippen LogP contribution is -2.37. The first-order chi connectivity index (χ1) is 8.85. The molecule has 1 aromatic rings. The first-order valence-corrected chi connectivity index (χ1v) is 7.75. The molecule has 8 heteroatoms. The van der Waals surface area contributed by atoms with Gasteiger partial charge in [0.05, 0.1) is 23.8 Å². The number of benzene rings is 1. The zero-order chi connectivity index (χ0) is 14.6. The van der Waals surface area contributed by atoms with Gasteiger partial charge in [-0.3, -0.25) is 0 Å². The molecule has 0 fully saturated rings. The van der Waals surface area contributed by atoms with Crippen LogP contribution in [0.15, 0.2) is 17.0 Å². The molecule has 5 nitrogen and oxygen atoms in total. The van der Waals surface area contributed by atoms with Crippen molar-refractivity contribution in [2.45, 2.75) is 24.3 Å². The van der Waals surface area contributed by atoms with E-state index in [1.165, 1.54) is 19.2 Å². The van der Waals surface area contributed by atoms with Crippen molar-refractivity contribution in [1.29, 1.82) is 0 Å². The van der Waals surface area contributed by atoms with Gasteiger partial charge < -0.3 is 9.84 Å². The maximum Gasteiger partial charge on any atom is 0.242 e. The predicted octanol–water partition coefficient (Wildman–Crippen LogP) is 2.05. The van der Waals surface area contributed by atoms with Crippen LogP contribution in [-0.2, 0) is 10.0 Å². The molecule has 2 N–H and O–H groups in total. The van der Waals surface area contributed by atoms with Crippen LogP contribution in [0.3, 0.4) is 0 Å². The van der Waals surface area contributed by atoms with Crippen molar-refractivity contribution < 1.29 is 18.3 Å². The number of rotatable bonds is 6. The van der Waals surface area contributed by atoms with Crippen LogP contribution >= 0.6 is 23.2 Å². The fourth-order valence-electron chi connectivity index (χ4n) is 1.41. The number of aliphatic hydroxyl groups is 1. The van der Waals surface area contributed by atoms with Gasteiger partial charge in [0.1, 0.15) is 10.6 Å². The average Bonchev–Trinajstić information content (AvgIpc) is 2.37. The summed E-state index contributed by atoms with van der Waals surface area (Å²) in [6.45, 7) is 1.46. The molecule has 0 amide bonds. The van der Waals surface area contributed by atoms with Gasteiger partial charge in [0, 0.05) is 12.1 Å². The number of ether oxygens (including phenoxy) is 1. The van der Waals surface area contributed by atoms with Crippen LogP contribution < -0.4 is 9.46 Å². The van der Waals surface area contributed by atoms with Gasteiger partial charge in [-0.15, -0.1) is 0 Å². The zero-order valence-corrected chi connectivity index (χ0v) is 12.8. The van der Waals surface area contributed by atoms with Crippen molar-refractivity contribution in [2.24, 2.45) is 0 Å². The molecule has 0 aliphatic carbocycles. The Morgan fingerprint density at radius 2 is 2.00 bits per heavy atom. The van der Waals surface area contributed by atoms with Crippen LogP contribution in [0.2, 0.25) is 10.0 Å². The first-order valence-electron chi connectivity index (χ1n) is 5.52. The molecule has 0 radical (unpaired) electrons. The maximum atomic E-state index is 12.1. The Morgan fingerprint density at radius 1 is 1.37 bits per heavy atom. The van der Waals surface area contributed by atoms with Crippen LogP contribution in [0, 0.1) is 0 Å². The second-order valence-electron chi connectivity index (χ2n) is 3.83. The van der Waals surface area contributed by atoms with Crippen LogP contribution in [0.4, 0.5) is 0 Å². The van der Waals surface area contributed by atoms with Crippen LogP contribution in [-0.4, -0.2) is 33.3 Å². The quantitative estimate of drug-likeness (QED) is 0.838. The van der Waals surface area contributed by atoms with E-state index in [0.717, 1.165) is 0 Å². The highest BCUT2D eigenvalue weighted by Crippen LogP contribution is 2.33. The molecule has 0 aliphatic rings. The number of aliphatic hydroxyl groups excluding tert-OH is 1. The minimum Gasteiger partial charge on any atom is -0.495 e. The smallest absolute Gasteiger partial charge is 0.242 e. The molecular weight excluding hydrogens is 313 g/mol. The van der Waals surface area contributed by atoms with Gasteiger partial charge in [0.25, 0.3) is 0 Å². The topological polar surface area (TPSA) is 75.6 Å². The lowest BCUT2D eigenvalue weighted by molar-refractivity contribution is 0.254. The number of sulfonamides is 1. The van der Waals surface area contributed by atoms with E-state index in [1.54, 1.807) is 6.92 Å². The summed E-state index contributed by atoms with van der Waals surface area (Å²) in [4.78, 5) is -0.146. The Morgan fingerprint density at radius 3 is 2.47 bits per heavy atom. The third-order valence-corrected chi connectivity index (χ3v) is 4.81. The molecule has 0 aromatic heterocycles. The van der Waals surface area contributed by atoms with Gasteiger partial charge in [-0.05, 0) is 12.5 Å². The summed E-state index contributed by atoms with van der Waals surface area (Å²) < 4.78 is 31.6. The maximum absolute atomic E-state index is 12.1. The van der Waals surface area contributed by atoms with Crippen molar-refractivity contribution in [3.05, 3.63) is 22.2 Å². The minimum absolute atomic E-state index is 0.00143. The van der Waals surface area contributed by atoms with E-state index in [0.29, 0.717) is 12.2 Å². The van der Waals surface area contributed by atoms with Crippen molar-refractivity contribution in [2.75, 3.05) is 13.7 Å². The molecule has 0 unspecified atom stereocenters. The molecule has 0 aliphatic heterocycles. The minimum atomic E-state index is -3.84. The monoisotopic (exact) mass is 327 g/mol. The summed E-state index contributed by atoms with van der Waals surface area (Å²) in [5, 5.41) is 9.18. The summed E-state index contributed by atoms with van der Waals surface area (Å²) in [5.41, 5.74) is 0. The SMILES string of the molecule is CC[C@@H](CO)NS(=O)(=O)c1cc(Cl)c(OC)cc1Cl. The van der Waals surface area contributed by atoms with E-state index in [1.807, 2.05) is 0 Å². The van der Waals surface area contributed by atoms with E-state index in [-0.39, 0.29) is 21.5 Å². The molecule has 19 heavy (non-hydrogen) atoms. The molecule has 1 aromatic carbocycles. The zero-order valence-electron chi connectivity index (χ0n) is 10.5. The Kier molecular flexibility index (Phi) is 5.88. The highest BCUT2D eigenvalue weighted by molar-refractivity contribution is 7.89. The lowest BCUT2D eigenvalue weighted by Gasteiger charge is -2.16. The van der Waals surface area contributed by atoms with Gasteiger partial charge in [0.15, 0.2) is 0 Å². The molecule has 0 saturated heterocycles. The number of halogens is 2. The van der Waals surface area contributed by atoms with E-state index in [4.69, 9.17) is 33.0 Å². The van der Waals surface area contributed by atoms with E-state index < -0.39 is 16.1 Å². The molecular formula is C11H15Cl2NO4S. The van der Waals surface area contributed by atoms with Gasteiger partial charge in [0.2, 0.25) is 10.0 Å². The highest BCUT2D eigenvalue weighted by Gasteiger charge is 2.23. The van der Waals surface area contributed by atoms with Gasteiger partial charge in [-0.1, -0.05) is 30.1 Å². The van der Waals surface area contributed by atoms with Gasteiger partial charge in [-0.2, -0.15) is 0 Å². The molecule has 1 rings (SSSR count). The van der Waals surface area contributed by atoms with Crippen molar-refractivity contribution in [1.82, 2.24) is 4.72 Å². The second-order valence-corrected chi connectivity index (χ2v) is 6.32. The fourth-order valence-corrected chi connectivity index (χ4v) is 3.56.